The quantitative estimate of drug-likeness (QED) is 0.210. The molecule has 0 saturated carbocycles. The van der Waals surface area contributed by atoms with Gasteiger partial charge in [0.2, 0.25) is 35.4 Å². The number of carbonyl (C=O) groups is 6. The first-order valence-electron chi connectivity index (χ1n) is 18.5. The largest absolute Gasteiger partial charge is 0.353 e. The van der Waals surface area contributed by atoms with Gasteiger partial charge in [-0.2, -0.15) is 0 Å². The third kappa shape index (κ3) is 11.8. The van der Waals surface area contributed by atoms with Gasteiger partial charge in [-0.15, -0.1) is 0 Å². The summed E-state index contributed by atoms with van der Waals surface area (Å²) in [6.07, 6.45) is 3.83. The third-order valence-electron chi connectivity index (χ3n) is 9.86. The molecule has 2 bridgehead atoms. The number of rotatable bonds is 7. The summed E-state index contributed by atoms with van der Waals surface area (Å²) < 4.78 is 0.871. The van der Waals surface area contributed by atoms with Crippen LogP contribution in [0.15, 0.2) is 95.5 Å². The van der Waals surface area contributed by atoms with Crippen molar-refractivity contribution in [3.05, 3.63) is 118 Å². The highest BCUT2D eigenvalue weighted by atomic mass is 79.9. The van der Waals surface area contributed by atoms with E-state index in [1.807, 2.05) is 54.6 Å². The molecule has 2 heterocycles. The highest BCUT2D eigenvalue weighted by Crippen LogP contribution is 2.35. The van der Waals surface area contributed by atoms with Gasteiger partial charge in [-0.1, -0.05) is 82.7 Å². The predicted molar refractivity (Wildman–Crippen MR) is 211 cm³/mol. The van der Waals surface area contributed by atoms with E-state index < -0.39 is 47.0 Å². The molecule has 0 unspecified atom stereocenters. The van der Waals surface area contributed by atoms with Gasteiger partial charge in [0.1, 0.15) is 12.1 Å². The zero-order valence-corrected chi connectivity index (χ0v) is 32.2. The number of amides is 6. The molecule has 13 nitrogen and oxygen atoms in total. The van der Waals surface area contributed by atoms with Crippen LogP contribution in [0.1, 0.15) is 41.5 Å². The molecule has 55 heavy (non-hydrogen) atoms. The summed E-state index contributed by atoms with van der Waals surface area (Å²) >= 11 is 3.46. The highest BCUT2D eigenvalue weighted by molar-refractivity contribution is 9.10. The van der Waals surface area contributed by atoms with Crippen LogP contribution in [0.4, 0.5) is 0 Å². The van der Waals surface area contributed by atoms with Crippen LogP contribution in [0.3, 0.4) is 0 Å². The first-order valence-corrected chi connectivity index (χ1v) is 19.3. The number of halogens is 1. The summed E-state index contributed by atoms with van der Waals surface area (Å²) in [5.41, 5.74) is 7.57. The lowest BCUT2D eigenvalue weighted by Crippen LogP contribution is -2.58. The Morgan fingerprint density at radius 2 is 1.60 bits per heavy atom. The maximum absolute atomic E-state index is 14.6. The van der Waals surface area contributed by atoms with E-state index in [9.17, 15) is 28.8 Å². The summed E-state index contributed by atoms with van der Waals surface area (Å²) in [6, 6.07) is 22.3. The van der Waals surface area contributed by atoms with Crippen molar-refractivity contribution < 1.29 is 28.8 Å². The first kappa shape index (κ1) is 40.8. The second-order valence-corrected chi connectivity index (χ2v) is 14.9. The van der Waals surface area contributed by atoms with E-state index in [2.05, 4.69) is 42.5 Å². The molecule has 290 valence electrons. The van der Waals surface area contributed by atoms with Crippen molar-refractivity contribution >= 4 is 51.4 Å². The van der Waals surface area contributed by atoms with Gasteiger partial charge in [0.25, 0.3) is 0 Å². The van der Waals surface area contributed by atoms with Crippen molar-refractivity contribution in [3.63, 3.8) is 0 Å². The van der Waals surface area contributed by atoms with E-state index in [0.29, 0.717) is 36.9 Å². The number of carbonyl (C=O) groups excluding carboxylic acids is 6. The van der Waals surface area contributed by atoms with Gasteiger partial charge in [-0.25, -0.2) is 0 Å². The van der Waals surface area contributed by atoms with Crippen molar-refractivity contribution in [1.29, 1.82) is 0 Å². The maximum Gasteiger partial charge on any atom is 0.246 e. The Labute approximate surface area is 329 Å². The normalized spacial score (nSPS) is 22.4. The minimum atomic E-state index is -1.07. The number of benzene rings is 3. The Balaban J connectivity index is 1.48. The minimum Gasteiger partial charge on any atom is -0.353 e. The van der Waals surface area contributed by atoms with Crippen molar-refractivity contribution in [2.75, 3.05) is 32.7 Å². The van der Waals surface area contributed by atoms with Crippen molar-refractivity contribution in [2.45, 2.75) is 57.2 Å². The molecule has 5 rings (SSSR count). The number of nitrogens with one attached hydrogen (secondary N) is 5. The van der Waals surface area contributed by atoms with Gasteiger partial charge < -0.3 is 37.2 Å². The van der Waals surface area contributed by atoms with Gasteiger partial charge >= 0.3 is 0 Å². The Hall–Kier alpha value is -5.34. The lowest BCUT2D eigenvalue weighted by Gasteiger charge is -2.42. The van der Waals surface area contributed by atoms with Crippen LogP contribution in [-0.4, -0.2) is 85.2 Å². The van der Waals surface area contributed by atoms with E-state index in [4.69, 9.17) is 5.73 Å². The van der Waals surface area contributed by atoms with Crippen molar-refractivity contribution in [2.24, 2.45) is 11.1 Å². The number of nitrogens with zero attached hydrogens (tertiary/aromatic N) is 1. The second kappa shape index (κ2) is 19.8. The molecule has 1 saturated heterocycles. The van der Waals surface area contributed by atoms with E-state index >= 15 is 0 Å². The molecule has 2 aliphatic heterocycles. The maximum atomic E-state index is 14.6. The molecule has 14 heteroatoms. The average molecular weight is 815 g/mol. The van der Waals surface area contributed by atoms with Crippen molar-refractivity contribution in [1.82, 2.24) is 31.5 Å². The van der Waals surface area contributed by atoms with Gasteiger partial charge in [-0.05, 0) is 60.1 Å². The molecule has 0 radical (unpaired) electrons. The Bertz CT molecular complexity index is 1870. The topological polar surface area (TPSA) is 192 Å². The number of piperidine rings is 1. The smallest absolute Gasteiger partial charge is 0.246 e. The van der Waals surface area contributed by atoms with Crippen LogP contribution < -0.4 is 32.3 Å². The predicted octanol–water partition coefficient (Wildman–Crippen LogP) is 1.82. The molecule has 6 amide bonds. The fourth-order valence-electron chi connectivity index (χ4n) is 6.96. The SMILES string of the molecule is NCCNC(=O)[C@@H]1CCNC(=O)/C=C/C(=O)N2CCC[C@](Cc3ccccc3)(C2)C(=O)N[C@@H](Cc2ccc(Br)cc2)C(=O)NCc2ccccc2CC(=O)N1. The van der Waals surface area contributed by atoms with Gasteiger partial charge in [-0.3, -0.25) is 28.8 Å². The molecule has 2 aliphatic rings. The average Bonchev–Trinajstić information content (AvgIpc) is 3.18. The number of hydrogen-bond donors (Lipinski definition) is 6. The molecule has 3 aromatic carbocycles. The molecule has 3 atom stereocenters. The number of nitrogens with two attached hydrogens (primary N) is 1. The second-order valence-electron chi connectivity index (χ2n) is 13.9. The molecular weight excluding hydrogens is 766 g/mol. The molecular formula is C41H48BrN7O6. The van der Waals surface area contributed by atoms with Crippen LogP contribution in [0.25, 0.3) is 0 Å². The first-order chi connectivity index (χ1) is 26.5. The van der Waals surface area contributed by atoms with Crippen LogP contribution in [0.5, 0.6) is 0 Å². The Morgan fingerprint density at radius 1 is 0.873 bits per heavy atom. The van der Waals surface area contributed by atoms with Crippen LogP contribution >= 0.6 is 15.9 Å². The third-order valence-corrected chi connectivity index (χ3v) is 10.4. The number of fused-ring (bicyclic) bond motifs is 3. The molecule has 3 aromatic rings. The van der Waals surface area contributed by atoms with Crippen LogP contribution in [0.2, 0.25) is 0 Å². The fourth-order valence-corrected chi connectivity index (χ4v) is 7.22. The van der Waals surface area contributed by atoms with E-state index in [1.54, 1.807) is 29.2 Å². The van der Waals surface area contributed by atoms with E-state index in [0.717, 1.165) is 21.7 Å². The lowest BCUT2D eigenvalue weighted by atomic mass is 9.74. The highest BCUT2D eigenvalue weighted by Gasteiger charge is 2.44. The summed E-state index contributed by atoms with van der Waals surface area (Å²) in [5.74, 6) is -2.63. The van der Waals surface area contributed by atoms with Crippen LogP contribution in [0, 0.1) is 5.41 Å². The Kier molecular flexibility index (Phi) is 14.7. The summed E-state index contributed by atoms with van der Waals surface area (Å²) in [7, 11) is 0. The lowest BCUT2D eigenvalue weighted by molar-refractivity contribution is -0.141. The fraction of sp³-hybridized carbons (Fsp3) is 0.366. The molecule has 0 aromatic heterocycles. The monoisotopic (exact) mass is 813 g/mol. The van der Waals surface area contributed by atoms with Crippen molar-refractivity contribution in [3.8, 4) is 0 Å². The van der Waals surface area contributed by atoms with E-state index in [-0.39, 0.29) is 57.9 Å². The standard InChI is InChI=1S/C41H48BrN7O6/c42-32-13-11-28(12-14-32)23-34-39(54)46-26-31-10-5-4-9-30(31)24-36(51)47-33(38(53)45-21-19-43)17-20-44-35(50)15-16-37(52)49-22-6-18-41(27-49,40(55)48-34)25-29-7-2-1-3-8-29/h1-5,7-16,33-34H,6,17-27,43H2,(H,44,50)(H,45,53)(H,46,54)(H,47,51)(H,48,55)/b16-15+/t33-,34-,41-/m0/s1. The summed E-state index contributed by atoms with van der Waals surface area (Å²) in [4.78, 5) is 82.9. The molecule has 7 N–H and O–H groups in total. The molecule has 0 aliphatic carbocycles. The molecule has 0 spiro atoms. The molecule has 1 fully saturated rings. The van der Waals surface area contributed by atoms with E-state index in [1.165, 1.54) is 6.08 Å². The van der Waals surface area contributed by atoms with Crippen LogP contribution in [-0.2, 0) is 54.6 Å². The summed E-state index contributed by atoms with van der Waals surface area (Å²) in [6.45, 7) is 0.988. The van der Waals surface area contributed by atoms with Gasteiger partial charge in [0.05, 0.1) is 11.8 Å². The zero-order valence-electron chi connectivity index (χ0n) is 30.7. The minimum absolute atomic E-state index is 0.0342. The summed E-state index contributed by atoms with van der Waals surface area (Å²) in [5, 5.41) is 14.2. The zero-order chi connectivity index (χ0) is 39.2. The van der Waals surface area contributed by atoms with Gasteiger partial charge in [0, 0.05) is 62.3 Å². The van der Waals surface area contributed by atoms with Gasteiger partial charge in [0.15, 0.2) is 0 Å². The number of hydrogen-bond acceptors (Lipinski definition) is 7. The Morgan fingerprint density at radius 3 is 2.35 bits per heavy atom.